The molecule has 0 aliphatic heterocycles. The first kappa shape index (κ1) is 17.5. The van der Waals surface area contributed by atoms with Crippen molar-refractivity contribution in [2.45, 2.75) is 32.3 Å². The zero-order valence-electron chi connectivity index (χ0n) is 14.0. The molecule has 0 radical (unpaired) electrons. The van der Waals surface area contributed by atoms with Gasteiger partial charge in [0.05, 0.1) is 6.10 Å². The van der Waals surface area contributed by atoms with Gasteiger partial charge >= 0.3 is 0 Å². The molecular weight excluding hydrogens is 286 g/mol. The number of hydrogen-bond acceptors (Lipinski definition) is 3. The Bertz CT molecular complexity index is 554. The Balaban J connectivity index is 1.65. The number of benzene rings is 2. The molecule has 2 rings (SSSR count). The minimum absolute atomic E-state index is 0.384. The quantitative estimate of drug-likeness (QED) is 0.690. The Hall–Kier alpha value is -1.84. The summed E-state index contributed by atoms with van der Waals surface area (Å²) in [7, 11) is 0. The molecule has 2 aromatic carbocycles. The Morgan fingerprint density at radius 2 is 1.70 bits per heavy atom. The lowest BCUT2D eigenvalue weighted by molar-refractivity contribution is 0.173. The molecule has 2 atom stereocenters. The van der Waals surface area contributed by atoms with Crippen LogP contribution in [0.2, 0.25) is 0 Å². The Morgan fingerprint density at radius 1 is 1.00 bits per heavy atom. The highest BCUT2D eigenvalue weighted by Gasteiger charge is 2.05. The first-order chi connectivity index (χ1) is 11.2. The van der Waals surface area contributed by atoms with E-state index in [-0.39, 0.29) is 6.10 Å². The largest absolute Gasteiger partial charge is 0.492 e. The highest BCUT2D eigenvalue weighted by Crippen LogP contribution is 2.19. The van der Waals surface area contributed by atoms with Crippen molar-refractivity contribution in [2.75, 3.05) is 19.7 Å². The van der Waals surface area contributed by atoms with Crippen LogP contribution in [0.3, 0.4) is 0 Å². The molecule has 3 nitrogen and oxygen atoms in total. The van der Waals surface area contributed by atoms with Gasteiger partial charge in [0.2, 0.25) is 0 Å². The van der Waals surface area contributed by atoms with E-state index in [0.717, 1.165) is 30.8 Å². The summed E-state index contributed by atoms with van der Waals surface area (Å²) in [5.41, 5.74) is 2.29. The first-order valence-electron chi connectivity index (χ1n) is 8.37. The molecule has 0 saturated heterocycles. The summed E-state index contributed by atoms with van der Waals surface area (Å²) in [6, 6.07) is 18.2. The summed E-state index contributed by atoms with van der Waals surface area (Å²) in [5.74, 6) is 1.33. The van der Waals surface area contributed by atoms with E-state index in [4.69, 9.17) is 4.74 Å². The fourth-order valence-electron chi connectivity index (χ4n) is 2.48. The van der Waals surface area contributed by atoms with E-state index in [9.17, 15) is 5.11 Å². The van der Waals surface area contributed by atoms with Gasteiger partial charge in [-0.25, -0.2) is 0 Å². The van der Waals surface area contributed by atoms with E-state index in [2.05, 4.69) is 36.5 Å². The SMILES string of the molecule is CCC(O)c1ccc(OCCNCC(C)c2ccccc2)cc1. The molecule has 2 N–H and O–H groups in total. The molecule has 23 heavy (non-hydrogen) atoms. The molecule has 0 spiro atoms. The van der Waals surface area contributed by atoms with Crippen molar-refractivity contribution >= 4 is 0 Å². The van der Waals surface area contributed by atoms with E-state index in [1.807, 2.05) is 37.3 Å². The van der Waals surface area contributed by atoms with Crippen molar-refractivity contribution in [3.8, 4) is 5.75 Å². The number of ether oxygens (including phenoxy) is 1. The van der Waals surface area contributed by atoms with Crippen LogP contribution in [0.25, 0.3) is 0 Å². The standard InChI is InChI=1S/C20H27NO2/c1-3-20(22)18-9-11-19(12-10-18)23-14-13-21-15-16(2)17-7-5-4-6-8-17/h4-12,16,20-22H,3,13-15H2,1-2H3. The second kappa shape index (κ2) is 9.33. The molecule has 0 amide bonds. The normalized spacial score (nSPS) is 13.5. The summed E-state index contributed by atoms with van der Waals surface area (Å²) in [6.07, 6.45) is 0.342. The van der Waals surface area contributed by atoms with Crippen LogP contribution >= 0.6 is 0 Å². The zero-order chi connectivity index (χ0) is 16.5. The molecule has 2 aromatic rings. The Morgan fingerprint density at radius 3 is 2.35 bits per heavy atom. The predicted octanol–water partition coefficient (Wildman–Crippen LogP) is 3.90. The van der Waals surface area contributed by atoms with Crippen LogP contribution in [0.4, 0.5) is 0 Å². The molecule has 0 aliphatic rings. The predicted molar refractivity (Wildman–Crippen MR) is 94.9 cm³/mol. The van der Waals surface area contributed by atoms with Crippen molar-refractivity contribution in [1.29, 1.82) is 0 Å². The van der Waals surface area contributed by atoms with Gasteiger partial charge in [-0.1, -0.05) is 56.3 Å². The van der Waals surface area contributed by atoms with E-state index in [1.54, 1.807) is 0 Å². The van der Waals surface area contributed by atoms with Gasteiger partial charge in [0, 0.05) is 13.1 Å². The van der Waals surface area contributed by atoms with E-state index >= 15 is 0 Å². The number of rotatable bonds is 9. The third-order valence-electron chi connectivity index (χ3n) is 4.02. The van der Waals surface area contributed by atoms with Crippen LogP contribution in [-0.4, -0.2) is 24.8 Å². The third kappa shape index (κ3) is 5.70. The highest BCUT2D eigenvalue weighted by atomic mass is 16.5. The van der Waals surface area contributed by atoms with Gasteiger partial charge in [-0.2, -0.15) is 0 Å². The highest BCUT2D eigenvalue weighted by molar-refractivity contribution is 5.28. The zero-order valence-corrected chi connectivity index (χ0v) is 14.0. The lowest BCUT2D eigenvalue weighted by Gasteiger charge is -2.14. The van der Waals surface area contributed by atoms with Crippen LogP contribution in [-0.2, 0) is 0 Å². The molecule has 0 heterocycles. The maximum atomic E-state index is 9.76. The number of nitrogens with one attached hydrogen (secondary N) is 1. The fraction of sp³-hybridized carbons (Fsp3) is 0.400. The first-order valence-corrected chi connectivity index (χ1v) is 8.37. The van der Waals surface area contributed by atoms with Crippen molar-refractivity contribution in [3.63, 3.8) is 0 Å². The van der Waals surface area contributed by atoms with Gasteiger partial charge in [0.25, 0.3) is 0 Å². The van der Waals surface area contributed by atoms with E-state index < -0.39 is 0 Å². The molecule has 0 aliphatic carbocycles. The third-order valence-corrected chi connectivity index (χ3v) is 4.02. The van der Waals surface area contributed by atoms with Gasteiger partial charge in [0.1, 0.15) is 12.4 Å². The summed E-state index contributed by atoms with van der Waals surface area (Å²) >= 11 is 0. The Labute approximate surface area is 139 Å². The van der Waals surface area contributed by atoms with Crippen LogP contribution in [0.5, 0.6) is 5.75 Å². The second-order valence-electron chi connectivity index (χ2n) is 5.86. The second-order valence-corrected chi connectivity index (χ2v) is 5.86. The van der Waals surface area contributed by atoms with E-state index in [0.29, 0.717) is 12.5 Å². The van der Waals surface area contributed by atoms with Crippen molar-refractivity contribution in [3.05, 3.63) is 65.7 Å². The number of aliphatic hydroxyl groups excluding tert-OH is 1. The minimum atomic E-state index is -0.384. The van der Waals surface area contributed by atoms with Crippen molar-refractivity contribution < 1.29 is 9.84 Å². The van der Waals surface area contributed by atoms with Crippen LogP contribution < -0.4 is 10.1 Å². The summed E-state index contributed by atoms with van der Waals surface area (Å²) in [5, 5.41) is 13.2. The van der Waals surface area contributed by atoms with Crippen molar-refractivity contribution in [2.24, 2.45) is 0 Å². The summed E-state index contributed by atoms with van der Waals surface area (Å²) in [4.78, 5) is 0. The van der Waals surface area contributed by atoms with Gasteiger partial charge in [-0.05, 0) is 35.6 Å². The number of aliphatic hydroxyl groups is 1. The van der Waals surface area contributed by atoms with Gasteiger partial charge in [-0.3, -0.25) is 0 Å². The van der Waals surface area contributed by atoms with Crippen LogP contribution in [0.15, 0.2) is 54.6 Å². The average molecular weight is 313 g/mol. The lowest BCUT2D eigenvalue weighted by atomic mass is 10.0. The van der Waals surface area contributed by atoms with Crippen LogP contribution in [0, 0.1) is 0 Å². The van der Waals surface area contributed by atoms with Gasteiger partial charge in [0.15, 0.2) is 0 Å². The monoisotopic (exact) mass is 313 g/mol. The molecule has 0 saturated carbocycles. The average Bonchev–Trinajstić information content (AvgIpc) is 2.62. The molecule has 3 heteroatoms. The lowest BCUT2D eigenvalue weighted by Crippen LogP contribution is -2.25. The molecule has 0 aromatic heterocycles. The number of hydrogen-bond donors (Lipinski definition) is 2. The van der Waals surface area contributed by atoms with Gasteiger partial charge < -0.3 is 15.2 Å². The Kier molecular flexibility index (Phi) is 7.11. The molecule has 124 valence electrons. The van der Waals surface area contributed by atoms with Crippen LogP contribution in [0.1, 0.15) is 43.4 Å². The summed E-state index contributed by atoms with van der Waals surface area (Å²) in [6.45, 7) is 6.58. The molecule has 2 unspecified atom stereocenters. The topological polar surface area (TPSA) is 41.5 Å². The maximum Gasteiger partial charge on any atom is 0.119 e. The fourth-order valence-corrected chi connectivity index (χ4v) is 2.48. The summed E-state index contributed by atoms with van der Waals surface area (Å²) < 4.78 is 5.72. The molecule has 0 fully saturated rings. The smallest absolute Gasteiger partial charge is 0.119 e. The molecular formula is C20H27NO2. The maximum absolute atomic E-state index is 9.76. The minimum Gasteiger partial charge on any atom is -0.492 e. The van der Waals surface area contributed by atoms with Crippen molar-refractivity contribution in [1.82, 2.24) is 5.32 Å². The van der Waals surface area contributed by atoms with Gasteiger partial charge in [-0.15, -0.1) is 0 Å². The molecule has 0 bridgehead atoms. The van der Waals surface area contributed by atoms with E-state index in [1.165, 1.54) is 5.56 Å².